The molecule has 0 saturated heterocycles. The maximum atomic E-state index is 11.9. The highest BCUT2D eigenvalue weighted by Gasteiger charge is 2.53. The van der Waals surface area contributed by atoms with Crippen LogP contribution in [0.2, 0.25) is 5.82 Å². The minimum Gasteiger partial charge on any atom is -0.466 e. The molecule has 2 nitrogen and oxygen atoms in total. The lowest BCUT2D eigenvalue weighted by Crippen LogP contribution is -2.07. The van der Waals surface area contributed by atoms with Crippen LogP contribution in [0.1, 0.15) is 13.8 Å². The van der Waals surface area contributed by atoms with Crippen LogP contribution in [-0.4, -0.2) is 20.1 Å². The van der Waals surface area contributed by atoms with Crippen molar-refractivity contribution in [1.82, 2.24) is 0 Å². The Balaban J connectivity index is 2.34. The maximum Gasteiger partial charge on any atom is 0.359 e. The molecule has 3 unspecified atom stereocenters. The monoisotopic (exact) mass is 157 g/mol. The maximum absolute atomic E-state index is 11.9. The van der Waals surface area contributed by atoms with Gasteiger partial charge in [-0.3, -0.25) is 4.79 Å². The molecule has 0 N–H and O–H groups in total. The summed E-state index contributed by atoms with van der Waals surface area (Å²) in [7, 11) is 0.590. The third kappa shape index (κ3) is 1.55. The predicted molar refractivity (Wildman–Crippen MR) is 39.9 cm³/mol. The van der Waals surface area contributed by atoms with Crippen LogP contribution in [0, 0.1) is 11.8 Å². The molecule has 0 aromatic carbocycles. The summed E-state index contributed by atoms with van der Waals surface area (Å²) in [5.74, 6) is -0.563. The molecule has 0 spiro atoms. The number of carbonyl (C=O) groups excluding carboxylic acids is 1. The van der Waals surface area contributed by atoms with E-state index < -0.39 is 0 Å². The first-order valence-electron chi connectivity index (χ1n) is 3.82. The zero-order valence-corrected chi connectivity index (χ0v) is 6.71. The zero-order valence-electron chi connectivity index (χ0n) is 6.71. The average molecular weight is 157 g/mol. The summed E-state index contributed by atoms with van der Waals surface area (Å²) in [6, 6.07) is 0. The first kappa shape index (κ1) is 8.56. The molecule has 1 aliphatic rings. The van der Waals surface area contributed by atoms with Gasteiger partial charge in [0.15, 0.2) is 0 Å². The van der Waals surface area contributed by atoms with Gasteiger partial charge in [-0.1, -0.05) is 6.92 Å². The molecular formula is C7H11BFO2. The Hall–Kier alpha value is -0.535. The van der Waals surface area contributed by atoms with E-state index in [0.29, 0.717) is 14.2 Å². The topological polar surface area (TPSA) is 26.3 Å². The van der Waals surface area contributed by atoms with Gasteiger partial charge in [-0.05, 0) is 18.7 Å². The van der Waals surface area contributed by atoms with Gasteiger partial charge in [0.2, 0.25) is 0 Å². The summed E-state index contributed by atoms with van der Waals surface area (Å²) < 4.78 is 16.7. The molecule has 1 aliphatic carbocycles. The standard InChI is InChI=1S/C7H11BFO2/c1-3-11-7(10)5-4(2)6(5)8-9/h4-6H,3H2,1-2H3. The van der Waals surface area contributed by atoms with Crippen LogP contribution in [0.25, 0.3) is 0 Å². The van der Waals surface area contributed by atoms with Gasteiger partial charge in [0.05, 0.1) is 12.5 Å². The van der Waals surface area contributed by atoms with Gasteiger partial charge >= 0.3 is 13.5 Å². The van der Waals surface area contributed by atoms with Gasteiger partial charge < -0.3 is 9.05 Å². The molecule has 0 aromatic rings. The summed E-state index contributed by atoms with van der Waals surface area (Å²) in [5.41, 5.74) is 0. The van der Waals surface area contributed by atoms with E-state index in [9.17, 15) is 9.11 Å². The lowest BCUT2D eigenvalue weighted by molar-refractivity contribution is -0.144. The van der Waals surface area contributed by atoms with Crippen molar-refractivity contribution in [2.24, 2.45) is 11.8 Å². The van der Waals surface area contributed by atoms with E-state index in [4.69, 9.17) is 4.74 Å². The highest BCUT2D eigenvalue weighted by atomic mass is 19.1. The molecule has 0 heterocycles. The van der Waals surface area contributed by atoms with Crippen LogP contribution in [0.5, 0.6) is 0 Å². The quantitative estimate of drug-likeness (QED) is 0.454. The number of esters is 1. The highest BCUT2D eigenvalue weighted by molar-refractivity contribution is 6.31. The number of hydrogen-bond donors (Lipinski definition) is 0. The van der Waals surface area contributed by atoms with E-state index in [-0.39, 0.29) is 23.6 Å². The Labute approximate surface area is 66.4 Å². The molecule has 0 amide bonds. The fourth-order valence-corrected chi connectivity index (χ4v) is 1.30. The molecule has 61 valence electrons. The number of hydrogen-bond acceptors (Lipinski definition) is 2. The van der Waals surface area contributed by atoms with Crippen molar-refractivity contribution in [3.05, 3.63) is 0 Å². The van der Waals surface area contributed by atoms with Gasteiger partial charge in [0, 0.05) is 0 Å². The summed E-state index contributed by atoms with van der Waals surface area (Å²) in [6.45, 7) is 3.97. The smallest absolute Gasteiger partial charge is 0.359 e. The normalized spacial score (nSPS) is 34.6. The SMILES string of the molecule is CCOC(=O)C1C(C)C1[B]F. The summed E-state index contributed by atoms with van der Waals surface area (Å²) in [6.07, 6.45) is 0. The van der Waals surface area contributed by atoms with E-state index >= 15 is 0 Å². The minimum atomic E-state index is -0.265. The largest absolute Gasteiger partial charge is 0.466 e. The Kier molecular flexibility index (Phi) is 2.52. The molecule has 1 rings (SSSR count). The minimum absolute atomic E-state index is 0.124. The summed E-state index contributed by atoms with van der Waals surface area (Å²) >= 11 is 0. The Bertz CT molecular complexity index is 163. The Morgan fingerprint density at radius 3 is 2.73 bits per heavy atom. The first-order chi connectivity index (χ1) is 5.22. The number of ether oxygens (including phenoxy) is 1. The molecular weight excluding hydrogens is 146 g/mol. The van der Waals surface area contributed by atoms with Crippen molar-refractivity contribution in [3.63, 3.8) is 0 Å². The lowest BCUT2D eigenvalue weighted by Gasteiger charge is -1.97. The number of carbonyl (C=O) groups is 1. The van der Waals surface area contributed by atoms with Crippen molar-refractivity contribution in [1.29, 1.82) is 0 Å². The van der Waals surface area contributed by atoms with Gasteiger partial charge in [0.1, 0.15) is 0 Å². The highest BCUT2D eigenvalue weighted by Crippen LogP contribution is 2.51. The van der Waals surface area contributed by atoms with Crippen molar-refractivity contribution in [2.45, 2.75) is 19.7 Å². The second kappa shape index (κ2) is 3.24. The van der Waals surface area contributed by atoms with Crippen LogP contribution < -0.4 is 0 Å². The fourth-order valence-electron chi connectivity index (χ4n) is 1.30. The third-order valence-corrected chi connectivity index (χ3v) is 2.15. The molecule has 3 atom stereocenters. The van der Waals surface area contributed by atoms with Crippen molar-refractivity contribution >= 4 is 13.5 Å². The van der Waals surface area contributed by atoms with E-state index in [0.717, 1.165) is 0 Å². The van der Waals surface area contributed by atoms with Crippen LogP contribution in [0.4, 0.5) is 4.32 Å². The fraction of sp³-hybridized carbons (Fsp3) is 0.857. The average Bonchev–Trinajstić information content (AvgIpc) is 2.61. The van der Waals surface area contributed by atoms with E-state index in [2.05, 4.69) is 0 Å². The van der Waals surface area contributed by atoms with Gasteiger partial charge in [-0.2, -0.15) is 0 Å². The van der Waals surface area contributed by atoms with Gasteiger partial charge in [-0.15, -0.1) is 0 Å². The van der Waals surface area contributed by atoms with E-state index in [1.165, 1.54) is 0 Å². The Morgan fingerprint density at radius 1 is 1.73 bits per heavy atom. The van der Waals surface area contributed by atoms with Crippen LogP contribution in [-0.2, 0) is 9.53 Å². The second-order valence-electron chi connectivity index (χ2n) is 2.84. The van der Waals surface area contributed by atoms with Crippen LogP contribution >= 0.6 is 0 Å². The second-order valence-corrected chi connectivity index (χ2v) is 2.84. The molecule has 0 bridgehead atoms. The molecule has 11 heavy (non-hydrogen) atoms. The third-order valence-electron chi connectivity index (χ3n) is 2.15. The van der Waals surface area contributed by atoms with Gasteiger partial charge in [0.25, 0.3) is 0 Å². The Morgan fingerprint density at radius 2 is 2.36 bits per heavy atom. The van der Waals surface area contributed by atoms with Crippen molar-refractivity contribution in [2.75, 3.05) is 6.61 Å². The van der Waals surface area contributed by atoms with Crippen LogP contribution in [0.15, 0.2) is 0 Å². The number of halogens is 1. The predicted octanol–water partition coefficient (Wildman–Crippen LogP) is 1.19. The zero-order chi connectivity index (χ0) is 8.43. The molecule has 0 aliphatic heterocycles. The van der Waals surface area contributed by atoms with Crippen molar-refractivity contribution in [3.8, 4) is 0 Å². The molecule has 1 radical (unpaired) electrons. The summed E-state index contributed by atoms with van der Waals surface area (Å²) in [5, 5.41) is 0. The molecule has 0 aromatic heterocycles. The van der Waals surface area contributed by atoms with Crippen molar-refractivity contribution < 1.29 is 13.8 Å². The molecule has 1 saturated carbocycles. The first-order valence-corrected chi connectivity index (χ1v) is 3.82. The van der Waals surface area contributed by atoms with Gasteiger partial charge in [-0.25, -0.2) is 0 Å². The van der Waals surface area contributed by atoms with Crippen LogP contribution in [0.3, 0.4) is 0 Å². The van der Waals surface area contributed by atoms with E-state index in [1.807, 2.05) is 6.92 Å². The lowest BCUT2D eigenvalue weighted by atomic mass is 9.93. The summed E-state index contributed by atoms with van der Waals surface area (Å²) in [4.78, 5) is 11.0. The molecule has 1 fully saturated rings. The van der Waals surface area contributed by atoms with E-state index in [1.54, 1.807) is 6.92 Å². The number of rotatable bonds is 3. The molecule has 4 heteroatoms.